The van der Waals surface area contributed by atoms with Crippen LogP contribution in [-0.2, 0) is 4.74 Å². The second-order valence-electron chi connectivity index (χ2n) is 4.31. The lowest BCUT2D eigenvalue weighted by Gasteiger charge is -2.10. The molecule has 0 aliphatic carbocycles. The van der Waals surface area contributed by atoms with E-state index in [0.29, 0.717) is 18.3 Å². The van der Waals surface area contributed by atoms with Crippen LogP contribution in [-0.4, -0.2) is 25.6 Å². The van der Waals surface area contributed by atoms with Crippen LogP contribution >= 0.6 is 0 Å². The fourth-order valence-corrected chi connectivity index (χ4v) is 2.02. The zero-order chi connectivity index (χ0) is 11.9. The van der Waals surface area contributed by atoms with Crippen LogP contribution in [0.25, 0.3) is 0 Å². The van der Waals surface area contributed by atoms with Crippen LogP contribution in [0, 0.1) is 0 Å². The predicted octanol–water partition coefficient (Wildman–Crippen LogP) is 2.84. The van der Waals surface area contributed by atoms with Crippen molar-refractivity contribution in [1.82, 2.24) is 0 Å². The molecule has 1 fully saturated rings. The van der Waals surface area contributed by atoms with Crippen LogP contribution in [0.5, 0.6) is 5.75 Å². The van der Waals surface area contributed by atoms with Gasteiger partial charge in [0.25, 0.3) is 0 Å². The summed E-state index contributed by atoms with van der Waals surface area (Å²) in [5, 5.41) is 0. The Labute approximate surface area is 102 Å². The van der Waals surface area contributed by atoms with Gasteiger partial charge in [-0.3, -0.25) is 4.79 Å². The van der Waals surface area contributed by atoms with Gasteiger partial charge in [-0.25, -0.2) is 0 Å². The third-order valence-electron chi connectivity index (χ3n) is 2.98. The topological polar surface area (TPSA) is 35.5 Å². The fraction of sp³-hybridized carbons (Fsp3) is 0.500. The Morgan fingerprint density at radius 1 is 1.35 bits per heavy atom. The third kappa shape index (κ3) is 3.86. The molecular formula is C14H18O3. The molecule has 1 aliphatic rings. The first kappa shape index (κ1) is 12.1. The second kappa shape index (κ2) is 6.40. The maximum atomic E-state index is 10.5. The van der Waals surface area contributed by atoms with Crippen molar-refractivity contribution in [3.63, 3.8) is 0 Å². The Bertz CT molecular complexity index is 339. The van der Waals surface area contributed by atoms with Gasteiger partial charge in [0.2, 0.25) is 0 Å². The van der Waals surface area contributed by atoms with Gasteiger partial charge in [0, 0.05) is 12.2 Å². The number of rotatable bonds is 6. The molecule has 0 aromatic heterocycles. The third-order valence-corrected chi connectivity index (χ3v) is 2.98. The van der Waals surface area contributed by atoms with Crippen molar-refractivity contribution >= 4 is 6.29 Å². The molecule has 3 nitrogen and oxygen atoms in total. The molecular weight excluding hydrogens is 216 g/mol. The number of aldehydes is 1. The normalized spacial score (nSPS) is 19.2. The van der Waals surface area contributed by atoms with E-state index in [1.165, 1.54) is 12.8 Å². The van der Waals surface area contributed by atoms with Crippen LogP contribution in [0.2, 0.25) is 0 Å². The molecule has 0 bridgehead atoms. The maximum Gasteiger partial charge on any atom is 0.150 e. The number of carbonyl (C=O) groups excluding carboxylic acids is 1. The largest absolute Gasteiger partial charge is 0.494 e. The van der Waals surface area contributed by atoms with Gasteiger partial charge in [0.1, 0.15) is 12.0 Å². The van der Waals surface area contributed by atoms with Gasteiger partial charge in [0.15, 0.2) is 0 Å². The van der Waals surface area contributed by atoms with Crippen LogP contribution < -0.4 is 4.74 Å². The summed E-state index contributed by atoms with van der Waals surface area (Å²) in [4.78, 5) is 10.5. The SMILES string of the molecule is O=Cc1ccc(OCCCC2CCCO2)cc1. The van der Waals surface area contributed by atoms with Crippen LogP contribution in [0.15, 0.2) is 24.3 Å². The zero-order valence-electron chi connectivity index (χ0n) is 9.93. The smallest absolute Gasteiger partial charge is 0.150 e. The van der Waals surface area contributed by atoms with Gasteiger partial charge in [-0.2, -0.15) is 0 Å². The summed E-state index contributed by atoms with van der Waals surface area (Å²) in [6, 6.07) is 7.19. The molecule has 2 rings (SSSR count). The lowest BCUT2D eigenvalue weighted by Crippen LogP contribution is -2.07. The molecule has 1 unspecified atom stereocenters. The molecule has 0 spiro atoms. The van der Waals surface area contributed by atoms with Crippen LogP contribution in [0.4, 0.5) is 0 Å². The van der Waals surface area contributed by atoms with E-state index in [9.17, 15) is 4.79 Å². The Hall–Kier alpha value is -1.35. The molecule has 0 amide bonds. The summed E-state index contributed by atoms with van der Waals surface area (Å²) in [6.07, 6.45) is 5.75. The van der Waals surface area contributed by atoms with Gasteiger partial charge < -0.3 is 9.47 Å². The number of hydrogen-bond acceptors (Lipinski definition) is 3. The predicted molar refractivity (Wildman–Crippen MR) is 65.5 cm³/mol. The fourth-order valence-electron chi connectivity index (χ4n) is 2.02. The molecule has 92 valence electrons. The van der Waals surface area contributed by atoms with E-state index in [2.05, 4.69) is 0 Å². The number of carbonyl (C=O) groups is 1. The first-order valence-corrected chi connectivity index (χ1v) is 6.18. The minimum Gasteiger partial charge on any atom is -0.494 e. The standard InChI is InChI=1S/C14H18O3/c15-11-12-5-7-14(8-6-12)17-10-2-4-13-3-1-9-16-13/h5-8,11,13H,1-4,9-10H2. The summed E-state index contributed by atoms with van der Waals surface area (Å²) >= 11 is 0. The Balaban J connectivity index is 1.65. The van der Waals surface area contributed by atoms with Crippen molar-refractivity contribution in [3.8, 4) is 5.75 Å². The molecule has 17 heavy (non-hydrogen) atoms. The molecule has 1 aromatic carbocycles. The van der Waals surface area contributed by atoms with Gasteiger partial charge >= 0.3 is 0 Å². The van der Waals surface area contributed by atoms with Crippen molar-refractivity contribution in [3.05, 3.63) is 29.8 Å². The van der Waals surface area contributed by atoms with Crippen molar-refractivity contribution in [2.45, 2.75) is 31.8 Å². The van der Waals surface area contributed by atoms with E-state index < -0.39 is 0 Å². The first-order valence-electron chi connectivity index (χ1n) is 6.18. The molecule has 0 radical (unpaired) electrons. The number of hydrogen-bond donors (Lipinski definition) is 0. The van der Waals surface area contributed by atoms with E-state index in [0.717, 1.165) is 31.5 Å². The lowest BCUT2D eigenvalue weighted by atomic mass is 10.1. The van der Waals surface area contributed by atoms with E-state index in [1.54, 1.807) is 12.1 Å². The summed E-state index contributed by atoms with van der Waals surface area (Å²) in [5.74, 6) is 0.822. The molecule has 1 heterocycles. The average molecular weight is 234 g/mol. The molecule has 1 atom stereocenters. The average Bonchev–Trinajstić information content (AvgIpc) is 2.88. The zero-order valence-corrected chi connectivity index (χ0v) is 9.93. The van der Waals surface area contributed by atoms with E-state index in [-0.39, 0.29) is 0 Å². The van der Waals surface area contributed by atoms with Gasteiger partial charge in [-0.05, 0) is 49.9 Å². The highest BCUT2D eigenvalue weighted by Gasteiger charge is 2.14. The van der Waals surface area contributed by atoms with Crippen molar-refractivity contribution in [2.75, 3.05) is 13.2 Å². The highest BCUT2D eigenvalue weighted by molar-refractivity contribution is 5.74. The molecule has 0 N–H and O–H groups in total. The minimum absolute atomic E-state index is 0.441. The van der Waals surface area contributed by atoms with Gasteiger partial charge in [-0.15, -0.1) is 0 Å². The molecule has 1 aliphatic heterocycles. The molecule has 0 saturated carbocycles. The molecule has 3 heteroatoms. The number of ether oxygens (including phenoxy) is 2. The highest BCUT2D eigenvalue weighted by atomic mass is 16.5. The summed E-state index contributed by atoms with van der Waals surface area (Å²) < 4.78 is 11.1. The highest BCUT2D eigenvalue weighted by Crippen LogP contribution is 2.17. The molecule has 1 saturated heterocycles. The Morgan fingerprint density at radius 2 is 2.18 bits per heavy atom. The summed E-state index contributed by atoms with van der Waals surface area (Å²) in [7, 11) is 0. The number of benzene rings is 1. The molecule has 1 aromatic rings. The first-order chi connectivity index (χ1) is 8.38. The van der Waals surface area contributed by atoms with E-state index in [4.69, 9.17) is 9.47 Å². The quantitative estimate of drug-likeness (QED) is 0.561. The maximum absolute atomic E-state index is 10.5. The Morgan fingerprint density at radius 3 is 2.82 bits per heavy atom. The van der Waals surface area contributed by atoms with E-state index >= 15 is 0 Å². The van der Waals surface area contributed by atoms with Crippen LogP contribution in [0.3, 0.4) is 0 Å². The monoisotopic (exact) mass is 234 g/mol. The van der Waals surface area contributed by atoms with E-state index in [1.807, 2.05) is 12.1 Å². The van der Waals surface area contributed by atoms with Crippen molar-refractivity contribution in [2.24, 2.45) is 0 Å². The Kier molecular flexibility index (Phi) is 4.56. The summed E-state index contributed by atoms with van der Waals surface area (Å²) in [6.45, 7) is 1.62. The van der Waals surface area contributed by atoms with Gasteiger partial charge in [0.05, 0.1) is 12.7 Å². The minimum atomic E-state index is 0.441. The van der Waals surface area contributed by atoms with Gasteiger partial charge in [-0.1, -0.05) is 0 Å². The van der Waals surface area contributed by atoms with Crippen molar-refractivity contribution < 1.29 is 14.3 Å². The van der Waals surface area contributed by atoms with Crippen LogP contribution in [0.1, 0.15) is 36.0 Å². The lowest BCUT2D eigenvalue weighted by molar-refractivity contribution is 0.0981. The van der Waals surface area contributed by atoms with Crippen molar-refractivity contribution in [1.29, 1.82) is 0 Å². The summed E-state index contributed by atoms with van der Waals surface area (Å²) in [5.41, 5.74) is 0.678. The second-order valence-corrected chi connectivity index (χ2v) is 4.31.